The number of halogens is 2. The summed E-state index contributed by atoms with van der Waals surface area (Å²) >= 11 is 11.4. The van der Waals surface area contributed by atoms with E-state index in [4.69, 9.17) is 23.2 Å². The average Bonchev–Trinajstić information content (AvgIpc) is 2.83. The highest BCUT2D eigenvalue weighted by molar-refractivity contribution is 6.66. The van der Waals surface area contributed by atoms with Crippen LogP contribution in [0.4, 0.5) is 0 Å². The molecule has 0 spiro atoms. The standard InChI is InChI=1S/C10H8Cl2O/c11-8-3-1-2-7(6-8)10(4-5-10)9(12)13/h1-3,6H,4-5H2. The van der Waals surface area contributed by atoms with Gasteiger partial charge in [-0.05, 0) is 42.1 Å². The Bertz CT molecular complexity index is 356. The smallest absolute Gasteiger partial charge is 0.232 e. The molecular formula is C10H8Cl2O. The molecule has 1 aliphatic rings. The Hall–Kier alpha value is -0.530. The molecule has 0 aromatic heterocycles. The van der Waals surface area contributed by atoms with Gasteiger partial charge in [0, 0.05) is 5.02 Å². The first-order valence-corrected chi connectivity index (χ1v) is 4.87. The monoisotopic (exact) mass is 214 g/mol. The average molecular weight is 215 g/mol. The first-order chi connectivity index (χ1) is 6.15. The molecule has 1 fully saturated rings. The van der Waals surface area contributed by atoms with Gasteiger partial charge in [0.1, 0.15) is 0 Å². The molecule has 1 aromatic carbocycles. The molecular weight excluding hydrogens is 207 g/mol. The van der Waals surface area contributed by atoms with E-state index in [0.717, 1.165) is 18.4 Å². The lowest BCUT2D eigenvalue weighted by Crippen LogP contribution is -2.14. The Morgan fingerprint density at radius 3 is 2.54 bits per heavy atom. The summed E-state index contributed by atoms with van der Waals surface area (Å²) in [6, 6.07) is 7.35. The number of hydrogen-bond donors (Lipinski definition) is 0. The zero-order valence-electron chi connectivity index (χ0n) is 6.89. The highest BCUT2D eigenvalue weighted by Gasteiger charge is 2.50. The molecule has 1 nitrogen and oxygen atoms in total. The lowest BCUT2D eigenvalue weighted by molar-refractivity contribution is -0.113. The Balaban J connectivity index is 2.41. The zero-order valence-corrected chi connectivity index (χ0v) is 8.40. The van der Waals surface area contributed by atoms with Crippen molar-refractivity contribution in [1.82, 2.24) is 0 Å². The third-order valence-corrected chi connectivity index (χ3v) is 3.10. The summed E-state index contributed by atoms with van der Waals surface area (Å²) < 4.78 is 0. The lowest BCUT2D eigenvalue weighted by atomic mass is 9.98. The fraction of sp³-hybridized carbons (Fsp3) is 0.300. The minimum absolute atomic E-state index is 0.269. The van der Waals surface area contributed by atoms with Gasteiger partial charge in [0.25, 0.3) is 0 Å². The second-order valence-electron chi connectivity index (χ2n) is 3.37. The quantitative estimate of drug-likeness (QED) is 0.692. The fourth-order valence-corrected chi connectivity index (χ4v) is 2.00. The van der Waals surface area contributed by atoms with Crippen LogP contribution in [-0.4, -0.2) is 5.24 Å². The molecule has 0 radical (unpaired) electrons. The molecule has 2 rings (SSSR count). The van der Waals surface area contributed by atoms with E-state index in [0.29, 0.717) is 5.02 Å². The van der Waals surface area contributed by atoms with Gasteiger partial charge < -0.3 is 0 Å². The lowest BCUT2D eigenvalue weighted by Gasteiger charge is -2.09. The Morgan fingerprint density at radius 2 is 2.08 bits per heavy atom. The van der Waals surface area contributed by atoms with Gasteiger partial charge in [-0.15, -0.1) is 0 Å². The van der Waals surface area contributed by atoms with Crippen LogP contribution in [-0.2, 0) is 10.2 Å². The van der Waals surface area contributed by atoms with Gasteiger partial charge in [-0.2, -0.15) is 0 Å². The Kier molecular flexibility index (Phi) is 2.09. The highest BCUT2D eigenvalue weighted by Crippen LogP contribution is 2.50. The van der Waals surface area contributed by atoms with E-state index in [1.54, 1.807) is 6.07 Å². The van der Waals surface area contributed by atoms with Crippen molar-refractivity contribution in [3.8, 4) is 0 Å². The number of benzene rings is 1. The van der Waals surface area contributed by atoms with Gasteiger partial charge in [0.05, 0.1) is 5.41 Å². The predicted molar refractivity (Wildman–Crippen MR) is 53.2 cm³/mol. The molecule has 0 aliphatic heterocycles. The van der Waals surface area contributed by atoms with Gasteiger partial charge >= 0.3 is 0 Å². The third kappa shape index (κ3) is 1.47. The summed E-state index contributed by atoms with van der Waals surface area (Å²) in [4.78, 5) is 11.2. The van der Waals surface area contributed by atoms with Crippen LogP contribution in [0.15, 0.2) is 24.3 Å². The Morgan fingerprint density at radius 1 is 1.38 bits per heavy atom. The van der Waals surface area contributed by atoms with Crippen molar-refractivity contribution in [2.24, 2.45) is 0 Å². The first-order valence-electron chi connectivity index (χ1n) is 4.11. The second kappa shape index (κ2) is 3.00. The summed E-state index contributed by atoms with van der Waals surface area (Å²) in [6.45, 7) is 0. The van der Waals surface area contributed by atoms with E-state index < -0.39 is 5.41 Å². The molecule has 0 bridgehead atoms. The maximum atomic E-state index is 11.2. The van der Waals surface area contributed by atoms with Crippen LogP contribution in [0, 0.1) is 0 Å². The van der Waals surface area contributed by atoms with E-state index in [1.807, 2.05) is 18.2 Å². The summed E-state index contributed by atoms with van der Waals surface area (Å²) in [5.74, 6) is 0. The number of rotatable bonds is 2. The van der Waals surface area contributed by atoms with Crippen molar-refractivity contribution in [1.29, 1.82) is 0 Å². The predicted octanol–water partition coefficient (Wildman–Crippen LogP) is 3.14. The topological polar surface area (TPSA) is 17.1 Å². The molecule has 0 saturated heterocycles. The summed E-state index contributed by atoms with van der Waals surface area (Å²) in [5.41, 5.74) is 0.520. The van der Waals surface area contributed by atoms with Crippen LogP contribution < -0.4 is 0 Å². The molecule has 1 saturated carbocycles. The number of hydrogen-bond acceptors (Lipinski definition) is 1. The molecule has 0 heterocycles. The molecule has 0 unspecified atom stereocenters. The van der Waals surface area contributed by atoms with Gasteiger partial charge in [0.15, 0.2) is 0 Å². The van der Waals surface area contributed by atoms with Gasteiger partial charge in [-0.1, -0.05) is 23.7 Å². The molecule has 0 N–H and O–H groups in total. The molecule has 13 heavy (non-hydrogen) atoms. The Labute approximate surface area is 86.7 Å². The van der Waals surface area contributed by atoms with E-state index >= 15 is 0 Å². The number of carbonyl (C=O) groups is 1. The third-order valence-electron chi connectivity index (χ3n) is 2.50. The molecule has 68 valence electrons. The van der Waals surface area contributed by atoms with Crippen molar-refractivity contribution in [2.45, 2.75) is 18.3 Å². The van der Waals surface area contributed by atoms with Gasteiger partial charge in [0.2, 0.25) is 5.24 Å². The largest absolute Gasteiger partial charge is 0.280 e. The summed E-state index contributed by atoms with van der Waals surface area (Å²) in [5, 5.41) is 0.386. The van der Waals surface area contributed by atoms with Crippen LogP contribution in [0.25, 0.3) is 0 Å². The minimum atomic E-state index is -0.424. The maximum absolute atomic E-state index is 11.2. The van der Waals surface area contributed by atoms with E-state index in [9.17, 15) is 4.79 Å². The van der Waals surface area contributed by atoms with Crippen LogP contribution in [0.5, 0.6) is 0 Å². The number of carbonyl (C=O) groups excluding carboxylic acids is 1. The van der Waals surface area contributed by atoms with Crippen LogP contribution >= 0.6 is 23.2 Å². The second-order valence-corrected chi connectivity index (χ2v) is 4.15. The van der Waals surface area contributed by atoms with Crippen LogP contribution in [0.3, 0.4) is 0 Å². The van der Waals surface area contributed by atoms with Gasteiger partial charge in [-0.25, -0.2) is 0 Å². The molecule has 0 amide bonds. The molecule has 3 heteroatoms. The normalized spacial score (nSPS) is 18.3. The fourth-order valence-electron chi connectivity index (χ4n) is 1.51. The van der Waals surface area contributed by atoms with Crippen molar-refractivity contribution in [3.05, 3.63) is 34.9 Å². The molecule has 0 atom stereocenters. The first kappa shape index (κ1) is 9.04. The highest BCUT2D eigenvalue weighted by atomic mass is 35.5. The van der Waals surface area contributed by atoms with E-state index in [-0.39, 0.29) is 5.24 Å². The van der Waals surface area contributed by atoms with Crippen molar-refractivity contribution in [3.63, 3.8) is 0 Å². The SMILES string of the molecule is O=C(Cl)C1(c2cccc(Cl)c2)CC1. The van der Waals surface area contributed by atoms with Crippen molar-refractivity contribution >= 4 is 28.4 Å². The molecule has 1 aliphatic carbocycles. The van der Waals surface area contributed by atoms with E-state index in [1.165, 1.54) is 0 Å². The van der Waals surface area contributed by atoms with Crippen LogP contribution in [0.2, 0.25) is 5.02 Å². The zero-order chi connectivity index (χ0) is 9.47. The molecule has 1 aromatic rings. The van der Waals surface area contributed by atoms with Crippen molar-refractivity contribution < 1.29 is 4.79 Å². The summed E-state index contributed by atoms with van der Waals surface area (Å²) in [7, 11) is 0. The van der Waals surface area contributed by atoms with Gasteiger partial charge in [-0.3, -0.25) is 4.79 Å². The van der Waals surface area contributed by atoms with E-state index in [2.05, 4.69) is 0 Å². The minimum Gasteiger partial charge on any atom is -0.280 e. The van der Waals surface area contributed by atoms with Crippen molar-refractivity contribution in [2.75, 3.05) is 0 Å². The maximum Gasteiger partial charge on any atom is 0.232 e. The summed E-state index contributed by atoms with van der Waals surface area (Å²) in [6.07, 6.45) is 1.69. The van der Waals surface area contributed by atoms with Crippen LogP contribution in [0.1, 0.15) is 18.4 Å².